The molecule has 0 aliphatic heterocycles. The second kappa shape index (κ2) is 56.9. The van der Waals surface area contributed by atoms with E-state index in [1.165, 1.54) is 103 Å². The number of ether oxygens (including phenoxy) is 1. The fraction of sp³-hybridized carbons (Fsp3) is 0.706. The Kier molecular flexibility index (Phi) is 54.5. The van der Waals surface area contributed by atoms with Gasteiger partial charge in [-0.25, -0.2) is 0 Å². The number of hydrogen-bond acceptors (Lipinski definition) is 7. The van der Waals surface area contributed by atoms with Crippen LogP contribution in [0.5, 0.6) is 0 Å². The summed E-state index contributed by atoms with van der Waals surface area (Å²) in [6, 6.07) is -0.904. The van der Waals surface area contributed by atoms with E-state index in [1.54, 1.807) is 0 Å². The molecule has 0 bridgehead atoms. The van der Waals surface area contributed by atoms with Crippen molar-refractivity contribution in [3.63, 3.8) is 0 Å². The van der Waals surface area contributed by atoms with Gasteiger partial charge in [-0.1, -0.05) is 259 Å². The van der Waals surface area contributed by atoms with Crippen LogP contribution in [0.4, 0.5) is 0 Å². The molecule has 1 N–H and O–H groups in total. The Balaban J connectivity index is 5.18. The van der Waals surface area contributed by atoms with E-state index >= 15 is 0 Å². The predicted octanol–water partition coefficient (Wildman–Crippen LogP) is 19.1. The molecule has 0 fully saturated rings. The fourth-order valence-electron chi connectivity index (χ4n) is 8.67. The maximum Gasteiger partial charge on any atom is 0.306 e. The summed E-state index contributed by atoms with van der Waals surface area (Å²) in [5.41, 5.74) is 0. The quantitative estimate of drug-likeness (QED) is 0.0161. The lowest BCUT2D eigenvalue weighted by Gasteiger charge is -2.30. The largest absolute Gasteiger partial charge is 0.756 e. The first-order valence-corrected chi connectivity index (χ1v) is 33.2. The number of amides is 1. The second-order valence-electron chi connectivity index (χ2n) is 22.2. The summed E-state index contributed by atoms with van der Waals surface area (Å²) < 4.78 is 30.3. The van der Waals surface area contributed by atoms with Crippen molar-refractivity contribution in [3.05, 3.63) is 109 Å². The molecule has 10 heteroatoms. The zero-order valence-electron chi connectivity index (χ0n) is 51.1. The number of likely N-dealkylation sites (N-methyl/N-ethyl adjacent to an activating group) is 1. The lowest BCUT2D eigenvalue weighted by molar-refractivity contribution is -0.870. The number of nitrogens with zero attached hydrogens (tertiary/aromatic N) is 1. The number of esters is 1. The second-order valence-corrected chi connectivity index (χ2v) is 23.6. The van der Waals surface area contributed by atoms with E-state index in [4.69, 9.17) is 13.8 Å². The molecule has 0 saturated heterocycles. The number of carbonyl (C=O) groups excluding carboxylic acids is 2. The Morgan fingerprint density at radius 2 is 0.885 bits per heavy atom. The van der Waals surface area contributed by atoms with Gasteiger partial charge in [0, 0.05) is 12.8 Å². The molecular weight excluding hydrogens is 988 g/mol. The van der Waals surface area contributed by atoms with Crippen LogP contribution in [0.3, 0.4) is 0 Å². The van der Waals surface area contributed by atoms with Gasteiger partial charge < -0.3 is 28.5 Å². The van der Waals surface area contributed by atoms with E-state index in [2.05, 4.69) is 123 Å². The third kappa shape index (κ3) is 57.4. The van der Waals surface area contributed by atoms with Crippen molar-refractivity contribution < 1.29 is 37.3 Å². The summed E-state index contributed by atoms with van der Waals surface area (Å²) in [6.45, 7) is 6.58. The highest BCUT2D eigenvalue weighted by Crippen LogP contribution is 2.38. The summed E-state index contributed by atoms with van der Waals surface area (Å²) in [6.07, 6.45) is 77.7. The summed E-state index contributed by atoms with van der Waals surface area (Å²) in [4.78, 5) is 40.0. The van der Waals surface area contributed by atoms with E-state index in [-0.39, 0.29) is 24.9 Å². The van der Waals surface area contributed by atoms with Crippen LogP contribution in [0.15, 0.2) is 109 Å². The smallest absolute Gasteiger partial charge is 0.306 e. The number of nitrogens with one attached hydrogen (secondary N) is 1. The molecule has 9 nitrogen and oxygen atoms in total. The maximum atomic E-state index is 13.5. The van der Waals surface area contributed by atoms with E-state index in [0.717, 1.165) is 122 Å². The van der Waals surface area contributed by atoms with E-state index < -0.39 is 26.6 Å². The first kappa shape index (κ1) is 74.7. The normalized spacial score (nSPS) is 14.4. The van der Waals surface area contributed by atoms with Crippen LogP contribution in [0.25, 0.3) is 0 Å². The van der Waals surface area contributed by atoms with Crippen molar-refractivity contribution in [2.75, 3.05) is 40.9 Å². The molecule has 0 aliphatic rings. The minimum atomic E-state index is -4.71. The molecule has 0 saturated carbocycles. The van der Waals surface area contributed by atoms with Crippen molar-refractivity contribution in [3.8, 4) is 0 Å². The molecule has 448 valence electrons. The minimum absolute atomic E-state index is 0.0310. The molecule has 3 atom stereocenters. The molecule has 1 amide bonds. The van der Waals surface area contributed by atoms with Gasteiger partial charge in [-0.2, -0.15) is 0 Å². The average molecular weight is 1110 g/mol. The number of allylic oxidation sites excluding steroid dienone is 17. The monoisotopic (exact) mass is 1110 g/mol. The summed E-state index contributed by atoms with van der Waals surface area (Å²) >= 11 is 0. The van der Waals surface area contributed by atoms with Gasteiger partial charge in [-0.3, -0.25) is 14.2 Å². The van der Waals surface area contributed by atoms with Crippen molar-refractivity contribution in [2.24, 2.45) is 0 Å². The molecule has 0 aromatic heterocycles. The lowest BCUT2D eigenvalue weighted by Crippen LogP contribution is -2.47. The molecule has 0 rings (SSSR count). The summed E-state index contributed by atoms with van der Waals surface area (Å²) in [5, 5.41) is 3.02. The highest BCUT2D eigenvalue weighted by Gasteiger charge is 2.27. The van der Waals surface area contributed by atoms with Crippen LogP contribution < -0.4 is 10.2 Å². The predicted molar refractivity (Wildman–Crippen MR) is 334 cm³/mol. The molecule has 0 spiro atoms. The SMILES string of the molecule is CC/C=C\C/C=C\C/C=C\C/C=C\C/C=C\CCCCCCCCCCCC(=O)OC(/C=C\CCCCCCCCCCCC)C(COP(=O)([O-])OCC[N+](C)(C)C)NC(=O)CCCCCCCCC/C=C/C=C/C=C/CC. The number of rotatable bonds is 56. The molecule has 3 unspecified atom stereocenters. The molecule has 0 heterocycles. The van der Waals surface area contributed by atoms with E-state index in [9.17, 15) is 19.0 Å². The van der Waals surface area contributed by atoms with Gasteiger partial charge in [0.25, 0.3) is 7.82 Å². The number of quaternary nitrogens is 1. The number of phosphoric ester groups is 1. The van der Waals surface area contributed by atoms with Crippen LogP contribution in [0.1, 0.15) is 258 Å². The summed E-state index contributed by atoms with van der Waals surface area (Å²) in [7, 11) is 1.16. The van der Waals surface area contributed by atoms with Gasteiger partial charge >= 0.3 is 5.97 Å². The fourth-order valence-corrected chi connectivity index (χ4v) is 9.39. The summed E-state index contributed by atoms with van der Waals surface area (Å²) in [5.74, 6) is -0.566. The molecular formula is C68H119N2O7P. The third-order valence-corrected chi connectivity index (χ3v) is 14.5. The van der Waals surface area contributed by atoms with Crippen LogP contribution in [-0.4, -0.2) is 69.4 Å². The molecule has 78 heavy (non-hydrogen) atoms. The van der Waals surface area contributed by atoms with Gasteiger partial charge in [-0.15, -0.1) is 0 Å². The molecule has 0 aliphatic carbocycles. The zero-order valence-corrected chi connectivity index (χ0v) is 52.0. The van der Waals surface area contributed by atoms with Gasteiger partial charge in [0.1, 0.15) is 19.3 Å². The van der Waals surface area contributed by atoms with Crippen molar-refractivity contribution in [1.29, 1.82) is 0 Å². The van der Waals surface area contributed by atoms with Gasteiger partial charge in [0.05, 0.1) is 33.8 Å². The third-order valence-electron chi connectivity index (χ3n) is 13.5. The number of unbranched alkanes of at least 4 members (excludes halogenated alkanes) is 26. The Hall–Kier alpha value is -3.33. The first-order valence-electron chi connectivity index (χ1n) is 31.7. The maximum absolute atomic E-state index is 13.5. The lowest BCUT2D eigenvalue weighted by atomic mass is 10.0. The van der Waals surface area contributed by atoms with Crippen molar-refractivity contribution in [1.82, 2.24) is 5.32 Å². The standard InChI is InChI=1S/C68H119N2O7P/c1-7-10-13-16-19-22-25-28-30-31-32-33-34-35-36-37-38-39-41-43-46-49-52-55-58-61-68(72)77-66(59-56-53-50-47-44-27-24-21-18-15-12-9-3)65(64-76-78(73,74)75-63-62-70(4,5)6)69-67(71)60-57-54-51-48-45-42-40-29-26-23-20-17-14-11-8-2/h10-11,13-14,17,19-20,22-23,26,28,30,32-33,35-36,56,59,65-66H,7-9,12,15-16,18,21,24-25,27,29,31,34,37-55,57-58,60-64H2,1-6H3,(H-,69,71,73,74)/b13-10-,14-11+,20-17+,22-19-,26-23+,30-28-,33-32-,36-35-,59-56-. The Morgan fingerprint density at radius 1 is 0.474 bits per heavy atom. The van der Waals surface area contributed by atoms with Crippen LogP contribution in [0, 0.1) is 0 Å². The van der Waals surface area contributed by atoms with Crippen LogP contribution >= 0.6 is 7.82 Å². The Labute approximate surface area is 481 Å². The van der Waals surface area contributed by atoms with Gasteiger partial charge in [0.15, 0.2) is 0 Å². The van der Waals surface area contributed by atoms with Gasteiger partial charge in [-0.05, 0) is 96.0 Å². The topological polar surface area (TPSA) is 114 Å². The highest BCUT2D eigenvalue weighted by atomic mass is 31.2. The van der Waals surface area contributed by atoms with E-state index in [0.29, 0.717) is 17.4 Å². The van der Waals surface area contributed by atoms with Crippen molar-refractivity contribution >= 4 is 19.7 Å². The number of hydrogen-bond donors (Lipinski definition) is 1. The molecule has 0 aromatic carbocycles. The van der Waals surface area contributed by atoms with Gasteiger partial charge in [0.2, 0.25) is 5.91 Å². The van der Waals surface area contributed by atoms with Crippen LogP contribution in [-0.2, 0) is 27.9 Å². The molecule has 0 radical (unpaired) electrons. The van der Waals surface area contributed by atoms with Crippen molar-refractivity contribution in [2.45, 2.75) is 270 Å². The zero-order chi connectivity index (χ0) is 57.2. The minimum Gasteiger partial charge on any atom is -0.756 e. The average Bonchev–Trinajstić information content (AvgIpc) is 3.40. The van der Waals surface area contributed by atoms with Crippen LogP contribution in [0.2, 0.25) is 0 Å². The Bertz CT molecular complexity index is 1700. The number of phosphoric acid groups is 1. The highest BCUT2D eigenvalue weighted by molar-refractivity contribution is 7.45. The molecule has 0 aromatic rings. The first-order chi connectivity index (χ1) is 37.9. The number of carbonyl (C=O) groups is 2. The van der Waals surface area contributed by atoms with E-state index in [1.807, 2.05) is 33.3 Å². The Morgan fingerprint density at radius 3 is 1.37 bits per heavy atom.